The molecule has 0 aliphatic carbocycles. The third-order valence-corrected chi connectivity index (χ3v) is 2.51. The molecule has 1 amide bonds. The largest absolute Gasteiger partial charge is 0.396 e. The Morgan fingerprint density at radius 1 is 1.73 bits per heavy atom. The zero-order valence-electron chi connectivity index (χ0n) is 8.55. The number of carbonyl (C=O) groups excluding carboxylic acids is 1. The van der Waals surface area contributed by atoms with Crippen LogP contribution in [0, 0.1) is 0 Å². The Hall–Kier alpha value is -1.56. The molecular weight excluding hydrogens is 196 g/mol. The molecule has 0 aromatic carbocycles. The van der Waals surface area contributed by atoms with Gasteiger partial charge >= 0.3 is 0 Å². The van der Waals surface area contributed by atoms with E-state index in [1.165, 1.54) is 4.68 Å². The lowest BCUT2D eigenvalue weighted by Gasteiger charge is -2.13. The van der Waals surface area contributed by atoms with E-state index in [2.05, 4.69) is 5.10 Å². The minimum absolute atomic E-state index is 0.204. The molecule has 2 rings (SSSR count). The highest BCUT2D eigenvalue weighted by molar-refractivity contribution is 5.97. The molecule has 0 radical (unpaired) electrons. The topological polar surface area (TPSA) is 84.4 Å². The number of aliphatic hydroxyl groups is 1. The van der Waals surface area contributed by atoms with Gasteiger partial charge in [0.1, 0.15) is 0 Å². The van der Waals surface area contributed by atoms with Crippen LogP contribution < -0.4 is 5.73 Å². The maximum Gasteiger partial charge on any atom is 0.276 e. The van der Waals surface area contributed by atoms with Gasteiger partial charge < -0.3 is 15.7 Å². The monoisotopic (exact) mass is 210 g/mol. The molecule has 6 nitrogen and oxygen atoms in total. The molecule has 0 spiro atoms. The average Bonchev–Trinajstić information content (AvgIpc) is 2.71. The van der Waals surface area contributed by atoms with Gasteiger partial charge in [0.2, 0.25) is 0 Å². The second-order valence-electron chi connectivity index (χ2n) is 3.80. The van der Waals surface area contributed by atoms with E-state index in [0.717, 1.165) is 0 Å². The molecular formula is C9H14N4O2. The fourth-order valence-electron chi connectivity index (χ4n) is 1.75. The Morgan fingerprint density at radius 3 is 2.93 bits per heavy atom. The van der Waals surface area contributed by atoms with E-state index < -0.39 is 6.10 Å². The van der Waals surface area contributed by atoms with Crippen LogP contribution in [0.3, 0.4) is 0 Å². The quantitative estimate of drug-likeness (QED) is 0.636. The lowest BCUT2D eigenvalue weighted by molar-refractivity contribution is 0.0759. The van der Waals surface area contributed by atoms with Crippen molar-refractivity contribution in [1.29, 1.82) is 0 Å². The van der Waals surface area contributed by atoms with Gasteiger partial charge in [-0.05, 0) is 6.42 Å². The Bertz CT molecular complexity index is 387. The minimum atomic E-state index is -0.418. The zero-order valence-corrected chi connectivity index (χ0v) is 8.55. The van der Waals surface area contributed by atoms with E-state index >= 15 is 0 Å². The van der Waals surface area contributed by atoms with Crippen LogP contribution in [-0.4, -0.2) is 44.9 Å². The molecule has 0 saturated carbocycles. The first-order valence-corrected chi connectivity index (χ1v) is 4.84. The van der Waals surface area contributed by atoms with Crippen LogP contribution >= 0.6 is 0 Å². The molecule has 2 heterocycles. The number of hydrogen-bond donors (Lipinski definition) is 2. The summed E-state index contributed by atoms with van der Waals surface area (Å²) in [5.74, 6) is -0.204. The number of hydrogen-bond acceptors (Lipinski definition) is 4. The lowest BCUT2D eigenvalue weighted by Crippen LogP contribution is -2.30. The Labute approximate surface area is 87.3 Å². The molecule has 0 unspecified atom stereocenters. The normalized spacial score (nSPS) is 20.9. The summed E-state index contributed by atoms with van der Waals surface area (Å²) in [6.45, 7) is 0.935. The first kappa shape index (κ1) is 9.97. The molecule has 1 saturated heterocycles. The number of nitrogen functional groups attached to an aromatic ring is 1. The van der Waals surface area contributed by atoms with Crippen LogP contribution in [0.5, 0.6) is 0 Å². The summed E-state index contributed by atoms with van der Waals surface area (Å²) >= 11 is 0. The molecule has 6 heteroatoms. The van der Waals surface area contributed by atoms with Crippen molar-refractivity contribution in [3.8, 4) is 0 Å². The number of rotatable bonds is 1. The standard InChI is InChI=1S/C9H14N4O2/c1-12-5-7(10)8(11-12)9(15)13-3-2-6(14)4-13/h5-6,14H,2-4,10H2,1H3/t6-/m0/s1. The van der Waals surface area contributed by atoms with Gasteiger partial charge in [-0.3, -0.25) is 9.48 Å². The predicted octanol–water partition coefficient (Wildman–Crippen LogP) is -0.791. The van der Waals surface area contributed by atoms with Gasteiger partial charge in [-0.25, -0.2) is 0 Å². The van der Waals surface area contributed by atoms with Crippen molar-refractivity contribution in [1.82, 2.24) is 14.7 Å². The van der Waals surface area contributed by atoms with Gasteiger partial charge in [0.05, 0.1) is 11.8 Å². The van der Waals surface area contributed by atoms with Crippen LogP contribution in [0.1, 0.15) is 16.9 Å². The molecule has 3 N–H and O–H groups in total. The number of nitrogens with two attached hydrogens (primary N) is 1. The molecule has 1 aromatic heterocycles. The summed E-state index contributed by atoms with van der Waals surface area (Å²) in [4.78, 5) is 13.5. The van der Waals surface area contributed by atoms with E-state index in [0.29, 0.717) is 25.2 Å². The molecule has 82 valence electrons. The summed E-state index contributed by atoms with van der Waals surface area (Å²) < 4.78 is 1.51. The van der Waals surface area contributed by atoms with E-state index in [9.17, 15) is 9.90 Å². The van der Waals surface area contributed by atoms with Crippen molar-refractivity contribution in [2.75, 3.05) is 18.8 Å². The van der Waals surface area contributed by atoms with Crippen LogP contribution in [0.4, 0.5) is 5.69 Å². The average molecular weight is 210 g/mol. The summed E-state index contributed by atoms with van der Waals surface area (Å²) in [6, 6.07) is 0. The van der Waals surface area contributed by atoms with Gasteiger partial charge in [0, 0.05) is 26.3 Å². The van der Waals surface area contributed by atoms with E-state index in [1.807, 2.05) is 0 Å². The number of likely N-dealkylation sites (tertiary alicyclic amines) is 1. The number of anilines is 1. The Kier molecular flexibility index (Phi) is 2.36. The van der Waals surface area contributed by atoms with E-state index in [-0.39, 0.29) is 11.6 Å². The molecule has 1 fully saturated rings. The van der Waals surface area contributed by atoms with Crippen molar-refractivity contribution >= 4 is 11.6 Å². The summed E-state index contributed by atoms with van der Waals surface area (Å²) in [7, 11) is 1.71. The smallest absolute Gasteiger partial charge is 0.276 e. The van der Waals surface area contributed by atoms with Gasteiger partial charge in [-0.15, -0.1) is 0 Å². The number of aliphatic hydroxyl groups excluding tert-OH is 1. The molecule has 15 heavy (non-hydrogen) atoms. The van der Waals surface area contributed by atoms with Crippen molar-refractivity contribution in [2.24, 2.45) is 7.05 Å². The number of aryl methyl sites for hydroxylation is 1. The molecule has 1 aliphatic rings. The van der Waals surface area contributed by atoms with Gasteiger partial charge in [-0.1, -0.05) is 0 Å². The lowest BCUT2D eigenvalue weighted by atomic mass is 10.3. The van der Waals surface area contributed by atoms with Crippen LogP contribution in [-0.2, 0) is 7.05 Å². The minimum Gasteiger partial charge on any atom is -0.396 e. The number of carbonyl (C=O) groups is 1. The summed E-state index contributed by atoms with van der Waals surface area (Å²) in [5.41, 5.74) is 6.30. The first-order chi connectivity index (χ1) is 7.08. The third-order valence-electron chi connectivity index (χ3n) is 2.51. The van der Waals surface area contributed by atoms with Gasteiger partial charge in [0.15, 0.2) is 5.69 Å². The van der Waals surface area contributed by atoms with Crippen molar-refractivity contribution in [2.45, 2.75) is 12.5 Å². The molecule has 1 aliphatic heterocycles. The Balaban J connectivity index is 2.17. The van der Waals surface area contributed by atoms with Crippen LogP contribution in [0.25, 0.3) is 0 Å². The fraction of sp³-hybridized carbons (Fsp3) is 0.556. The second-order valence-corrected chi connectivity index (χ2v) is 3.80. The van der Waals surface area contributed by atoms with Crippen molar-refractivity contribution in [3.05, 3.63) is 11.9 Å². The van der Waals surface area contributed by atoms with Crippen molar-refractivity contribution in [3.63, 3.8) is 0 Å². The van der Waals surface area contributed by atoms with Crippen molar-refractivity contribution < 1.29 is 9.90 Å². The van der Waals surface area contributed by atoms with Crippen LogP contribution in [0.15, 0.2) is 6.20 Å². The number of nitrogens with zero attached hydrogens (tertiary/aromatic N) is 3. The highest BCUT2D eigenvalue weighted by Gasteiger charge is 2.27. The third kappa shape index (κ3) is 1.80. The number of β-amino-alcohol motifs (C(OH)–C–C–N with tert-alkyl or cyclic N) is 1. The maximum absolute atomic E-state index is 11.9. The summed E-state index contributed by atoms with van der Waals surface area (Å²) in [5, 5.41) is 13.3. The zero-order chi connectivity index (χ0) is 11.0. The SMILES string of the molecule is Cn1cc(N)c(C(=O)N2CC[C@H](O)C2)n1. The molecule has 1 aromatic rings. The van der Waals surface area contributed by atoms with E-state index in [4.69, 9.17) is 5.73 Å². The summed E-state index contributed by atoms with van der Waals surface area (Å²) in [6.07, 6.45) is 1.80. The molecule has 1 atom stereocenters. The highest BCUT2D eigenvalue weighted by atomic mass is 16.3. The first-order valence-electron chi connectivity index (χ1n) is 4.84. The van der Waals surface area contributed by atoms with Gasteiger partial charge in [0.25, 0.3) is 5.91 Å². The second kappa shape index (κ2) is 3.54. The highest BCUT2D eigenvalue weighted by Crippen LogP contribution is 2.16. The van der Waals surface area contributed by atoms with Gasteiger partial charge in [-0.2, -0.15) is 5.10 Å². The number of amides is 1. The number of aromatic nitrogens is 2. The predicted molar refractivity (Wildman–Crippen MR) is 54.1 cm³/mol. The van der Waals surface area contributed by atoms with E-state index in [1.54, 1.807) is 18.1 Å². The molecule has 0 bridgehead atoms. The maximum atomic E-state index is 11.9. The fourth-order valence-corrected chi connectivity index (χ4v) is 1.75. The van der Waals surface area contributed by atoms with Crippen LogP contribution in [0.2, 0.25) is 0 Å². The Morgan fingerprint density at radius 2 is 2.47 bits per heavy atom.